The molecule has 0 atom stereocenters. The Balaban J connectivity index is 0. The number of hydrogen-bond acceptors (Lipinski definition) is 4. The van der Waals surface area contributed by atoms with Crippen LogP contribution in [0.1, 0.15) is 41.5 Å². The lowest BCUT2D eigenvalue weighted by molar-refractivity contribution is 0.107. The summed E-state index contributed by atoms with van der Waals surface area (Å²) >= 11 is 10.2. The predicted molar refractivity (Wildman–Crippen MR) is 108 cm³/mol. The molecule has 0 heterocycles. The smallest absolute Gasteiger partial charge is 0.252 e. The van der Waals surface area contributed by atoms with Gasteiger partial charge in [0.05, 0.1) is 0 Å². The zero-order valence-electron chi connectivity index (χ0n) is 14.9. The van der Waals surface area contributed by atoms with Crippen molar-refractivity contribution in [1.29, 1.82) is 0 Å². The van der Waals surface area contributed by atoms with Gasteiger partial charge in [-0.25, -0.2) is 9.82 Å². The molecular weight excluding hydrogens is 421 g/mol. The Morgan fingerprint density at radius 1 is 0.889 bits per heavy atom. The van der Waals surface area contributed by atoms with Gasteiger partial charge in [-0.3, -0.25) is 9.59 Å². The van der Waals surface area contributed by atoms with Crippen LogP contribution in [0.2, 0.25) is 0 Å². The molecule has 2 rings (SSSR count). The number of carbonyl (C=O) groups excluding carboxylic acids is 2. The zero-order chi connectivity index (χ0) is 20.2. The first kappa shape index (κ1) is 27.6. The van der Waals surface area contributed by atoms with Crippen molar-refractivity contribution in [2.75, 3.05) is 0 Å². The van der Waals surface area contributed by atoms with Gasteiger partial charge in [-0.15, -0.1) is 16.9 Å². The highest BCUT2D eigenvalue weighted by molar-refractivity contribution is 6.68. The van der Waals surface area contributed by atoms with E-state index in [1.54, 1.807) is 24.3 Å². The van der Waals surface area contributed by atoms with Crippen molar-refractivity contribution in [2.45, 2.75) is 26.3 Å². The number of rotatable bonds is 3. The summed E-state index contributed by atoms with van der Waals surface area (Å²) in [6, 6.07) is 14.0. The molecule has 0 spiro atoms. The molecule has 2 N–H and O–H groups in total. The molecule has 2 aromatic carbocycles. The van der Waals surface area contributed by atoms with Gasteiger partial charge in [-0.05, 0) is 62.2 Å². The number of nitrogens with one attached hydrogen (secondary N) is 2. The molecule has 150 valence electrons. The Kier molecular flexibility index (Phi) is 14.8. The van der Waals surface area contributed by atoms with Crippen LogP contribution in [0.4, 0.5) is 8.87 Å². The molecule has 0 unspecified atom stereocenters. The molecular formula is C18H21Cl3F2N2O2. The summed E-state index contributed by atoms with van der Waals surface area (Å²) in [5.74, 6) is -0.452. The Bertz CT molecular complexity index is 697. The normalized spacial score (nSPS) is 9.59. The lowest BCUT2D eigenvalue weighted by Gasteiger charge is -2.16. The SMILES string of the molecule is CC(C)(C)NNF.Cl.O=C(Cl)c1cccc(F)c1.O=C(Cl)c1ccccc1. The van der Waals surface area contributed by atoms with Crippen LogP contribution < -0.4 is 11.1 Å². The van der Waals surface area contributed by atoms with E-state index >= 15 is 0 Å². The van der Waals surface area contributed by atoms with E-state index in [1.807, 2.05) is 26.8 Å². The summed E-state index contributed by atoms with van der Waals surface area (Å²) in [6.45, 7) is 5.58. The predicted octanol–water partition coefficient (Wildman–Crippen LogP) is 5.46. The van der Waals surface area contributed by atoms with E-state index in [1.165, 1.54) is 23.8 Å². The minimum atomic E-state index is -0.639. The lowest BCUT2D eigenvalue weighted by atomic mass is 10.1. The second kappa shape index (κ2) is 14.5. The average Bonchev–Trinajstić information content (AvgIpc) is 2.55. The van der Waals surface area contributed by atoms with Crippen LogP contribution in [0.25, 0.3) is 0 Å². The maximum Gasteiger partial charge on any atom is 0.252 e. The van der Waals surface area contributed by atoms with Gasteiger partial charge >= 0.3 is 0 Å². The van der Waals surface area contributed by atoms with Crippen LogP contribution >= 0.6 is 35.6 Å². The van der Waals surface area contributed by atoms with Gasteiger partial charge in [0.15, 0.2) is 0 Å². The zero-order valence-corrected chi connectivity index (χ0v) is 17.3. The van der Waals surface area contributed by atoms with Crippen molar-refractivity contribution in [3.05, 3.63) is 71.5 Å². The summed E-state index contributed by atoms with van der Waals surface area (Å²) in [6.07, 6.45) is 0. The standard InChI is InChI=1S/C7H4ClFO.C7H5ClO.C4H11FN2.ClH/c8-7(10)5-2-1-3-6(9)4-5;8-7(9)6-4-2-1-3-5-6;1-4(2,3)6-7-5;/h1-4H;1-5H;6-7H,1-3H3;1H. The first-order valence-electron chi connectivity index (χ1n) is 7.40. The highest BCUT2D eigenvalue weighted by atomic mass is 35.5. The number of hydrazine groups is 1. The molecule has 0 amide bonds. The Morgan fingerprint density at radius 2 is 1.37 bits per heavy atom. The first-order valence-corrected chi connectivity index (χ1v) is 8.15. The molecule has 4 nitrogen and oxygen atoms in total. The third-order valence-electron chi connectivity index (χ3n) is 2.47. The van der Waals surface area contributed by atoms with E-state index in [0.717, 1.165) is 6.07 Å². The minimum absolute atomic E-state index is 0. The van der Waals surface area contributed by atoms with Gasteiger partial charge < -0.3 is 0 Å². The minimum Gasteiger partial charge on any atom is -0.276 e. The second-order valence-corrected chi connectivity index (χ2v) is 6.58. The van der Waals surface area contributed by atoms with Crippen LogP contribution in [-0.4, -0.2) is 16.0 Å². The Labute approximate surface area is 173 Å². The van der Waals surface area contributed by atoms with E-state index < -0.39 is 16.3 Å². The van der Waals surface area contributed by atoms with Gasteiger partial charge in [0.2, 0.25) is 0 Å². The topological polar surface area (TPSA) is 58.2 Å². The number of hydrogen-bond donors (Lipinski definition) is 2. The third-order valence-corrected chi connectivity index (χ3v) is 2.91. The molecule has 0 saturated heterocycles. The molecule has 0 aliphatic heterocycles. The van der Waals surface area contributed by atoms with Crippen molar-refractivity contribution < 1.29 is 18.5 Å². The first-order chi connectivity index (χ1) is 12.1. The van der Waals surface area contributed by atoms with Crippen LogP contribution in [-0.2, 0) is 0 Å². The molecule has 27 heavy (non-hydrogen) atoms. The van der Waals surface area contributed by atoms with Crippen LogP contribution in [0.5, 0.6) is 0 Å². The van der Waals surface area contributed by atoms with Crippen molar-refractivity contribution in [3.8, 4) is 0 Å². The molecule has 0 radical (unpaired) electrons. The summed E-state index contributed by atoms with van der Waals surface area (Å²) in [4.78, 5) is 20.8. The lowest BCUT2D eigenvalue weighted by Crippen LogP contribution is -2.41. The molecule has 0 saturated carbocycles. The van der Waals surface area contributed by atoms with Crippen molar-refractivity contribution >= 4 is 46.1 Å². The third kappa shape index (κ3) is 15.2. The monoisotopic (exact) mass is 440 g/mol. The molecule has 9 heteroatoms. The van der Waals surface area contributed by atoms with Gasteiger partial charge in [0, 0.05) is 16.7 Å². The fraction of sp³-hybridized carbons (Fsp3) is 0.222. The number of benzene rings is 2. The van der Waals surface area contributed by atoms with Crippen LogP contribution in [0.3, 0.4) is 0 Å². The van der Waals surface area contributed by atoms with Gasteiger partial charge in [0.25, 0.3) is 10.5 Å². The second-order valence-electron chi connectivity index (χ2n) is 5.89. The quantitative estimate of drug-likeness (QED) is 0.377. The number of halogens is 5. The van der Waals surface area contributed by atoms with Crippen LogP contribution in [0, 0.1) is 5.82 Å². The highest BCUT2D eigenvalue weighted by Gasteiger charge is 2.06. The molecule has 0 fully saturated rings. The van der Waals surface area contributed by atoms with E-state index in [9.17, 15) is 18.5 Å². The summed E-state index contributed by atoms with van der Waals surface area (Å²) in [5.41, 5.74) is 4.26. The Hall–Kier alpha value is -1.57. The molecule has 0 aliphatic rings. The van der Waals surface area contributed by atoms with Crippen molar-refractivity contribution in [1.82, 2.24) is 11.1 Å². The maximum atomic E-state index is 12.3. The Morgan fingerprint density at radius 3 is 1.63 bits per heavy atom. The maximum absolute atomic E-state index is 12.3. The fourth-order valence-corrected chi connectivity index (χ4v) is 1.57. The van der Waals surface area contributed by atoms with Gasteiger partial charge in [-0.2, -0.15) is 0 Å². The molecule has 0 aliphatic carbocycles. The fourth-order valence-electron chi connectivity index (χ4n) is 1.32. The average molecular weight is 442 g/mol. The molecule has 2 aromatic rings. The summed E-state index contributed by atoms with van der Waals surface area (Å²) in [7, 11) is 0. The van der Waals surface area contributed by atoms with Crippen LogP contribution in [0.15, 0.2) is 54.6 Å². The van der Waals surface area contributed by atoms with Crippen molar-refractivity contribution in [3.63, 3.8) is 0 Å². The van der Waals surface area contributed by atoms with E-state index in [-0.39, 0.29) is 23.5 Å². The van der Waals surface area contributed by atoms with Gasteiger partial charge in [0.1, 0.15) is 5.82 Å². The highest BCUT2D eigenvalue weighted by Crippen LogP contribution is 2.05. The summed E-state index contributed by atoms with van der Waals surface area (Å²) in [5, 5.41) is -1.05. The molecule has 0 aromatic heterocycles. The number of carbonyl (C=O) groups is 2. The van der Waals surface area contributed by atoms with Gasteiger partial charge in [-0.1, -0.05) is 42.0 Å². The largest absolute Gasteiger partial charge is 0.276 e. The summed E-state index contributed by atoms with van der Waals surface area (Å²) < 4.78 is 23.4. The molecule has 0 bridgehead atoms. The van der Waals surface area contributed by atoms with E-state index in [2.05, 4.69) is 5.43 Å². The van der Waals surface area contributed by atoms with E-state index in [0.29, 0.717) is 5.56 Å². The van der Waals surface area contributed by atoms with Crippen molar-refractivity contribution in [2.24, 2.45) is 0 Å². The van der Waals surface area contributed by atoms with E-state index in [4.69, 9.17) is 23.2 Å².